The number of halogens is 1. The van der Waals surface area contributed by atoms with E-state index in [1.54, 1.807) is 24.4 Å². The minimum Gasteiger partial charge on any atom is -0.356 e. The first-order valence-electron chi connectivity index (χ1n) is 12.1. The van der Waals surface area contributed by atoms with Crippen molar-refractivity contribution in [1.82, 2.24) is 29.5 Å². The topological polar surface area (TPSA) is 87.1 Å². The van der Waals surface area contributed by atoms with Crippen LogP contribution < -0.4 is 0 Å². The molecule has 3 aromatic rings. The summed E-state index contributed by atoms with van der Waals surface area (Å²) in [7, 11) is 0. The van der Waals surface area contributed by atoms with Crippen molar-refractivity contribution >= 4 is 23.5 Å². The molecule has 2 fully saturated rings. The van der Waals surface area contributed by atoms with Gasteiger partial charge in [-0.15, -0.1) is 10.2 Å². The summed E-state index contributed by atoms with van der Waals surface area (Å²) in [6.45, 7) is 4.21. The standard InChI is InChI=1S/C25H29FN6O2S/c26-19-6-8-20(9-7-19)32-23(16-30-10-2-1-3-11-30)28-29-25(32)35-17-22(33)18-14-21(27-15-18)24(34)31-12-4-5-13-31/h6-9,14-15,27H,1-5,10-13,16-17H2. The van der Waals surface area contributed by atoms with Crippen LogP contribution in [0.1, 0.15) is 58.8 Å². The van der Waals surface area contributed by atoms with E-state index in [9.17, 15) is 14.0 Å². The summed E-state index contributed by atoms with van der Waals surface area (Å²) in [5.74, 6) is 0.452. The first-order valence-corrected chi connectivity index (χ1v) is 13.1. The third kappa shape index (κ3) is 5.48. The second-order valence-corrected chi connectivity index (χ2v) is 10.0. The van der Waals surface area contributed by atoms with Crippen molar-refractivity contribution in [2.45, 2.75) is 43.8 Å². The Bertz CT molecular complexity index is 1180. The number of benzene rings is 1. The van der Waals surface area contributed by atoms with Gasteiger partial charge in [0, 0.05) is 30.5 Å². The van der Waals surface area contributed by atoms with Gasteiger partial charge >= 0.3 is 0 Å². The van der Waals surface area contributed by atoms with E-state index in [0.717, 1.165) is 50.5 Å². The maximum absolute atomic E-state index is 13.6. The first-order chi connectivity index (χ1) is 17.1. The number of amides is 1. The Morgan fingerprint density at radius 2 is 1.69 bits per heavy atom. The molecular weight excluding hydrogens is 467 g/mol. The lowest BCUT2D eigenvalue weighted by molar-refractivity contribution is 0.0787. The first kappa shape index (κ1) is 23.7. The van der Waals surface area contributed by atoms with E-state index >= 15 is 0 Å². The molecule has 8 nitrogen and oxygen atoms in total. The third-order valence-electron chi connectivity index (χ3n) is 6.56. The third-order valence-corrected chi connectivity index (χ3v) is 7.49. The Hall–Kier alpha value is -2.98. The van der Waals surface area contributed by atoms with Gasteiger partial charge < -0.3 is 9.88 Å². The Labute approximate surface area is 207 Å². The average Bonchev–Trinajstić information content (AvgIpc) is 3.65. The summed E-state index contributed by atoms with van der Waals surface area (Å²) in [5, 5.41) is 9.37. The minimum absolute atomic E-state index is 0.0624. The summed E-state index contributed by atoms with van der Waals surface area (Å²) >= 11 is 1.29. The molecule has 5 rings (SSSR count). The zero-order chi connectivity index (χ0) is 24.2. The predicted molar refractivity (Wildman–Crippen MR) is 131 cm³/mol. The maximum Gasteiger partial charge on any atom is 0.270 e. The van der Waals surface area contributed by atoms with E-state index in [0.29, 0.717) is 23.0 Å². The molecule has 0 bridgehead atoms. The highest BCUT2D eigenvalue weighted by molar-refractivity contribution is 7.99. The number of Topliss-reactive ketones (excluding diaryl/α,β-unsaturated/α-hetero) is 1. The molecule has 0 radical (unpaired) electrons. The van der Waals surface area contributed by atoms with Crippen LogP contribution in [0.4, 0.5) is 4.39 Å². The van der Waals surface area contributed by atoms with Crippen LogP contribution in [0.2, 0.25) is 0 Å². The summed E-state index contributed by atoms with van der Waals surface area (Å²) in [5.41, 5.74) is 1.68. The second kappa shape index (κ2) is 10.7. The van der Waals surface area contributed by atoms with Gasteiger partial charge in [-0.25, -0.2) is 4.39 Å². The van der Waals surface area contributed by atoms with E-state index in [1.807, 2.05) is 9.47 Å². The number of carbonyl (C=O) groups is 2. The van der Waals surface area contributed by atoms with Crippen molar-refractivity contribution in [1.29, 1.82) is 0 Å². The number of H-pyrrole nitrogens is 1. The maximum atomic E-state index is 13.6. The zero-order valence-corrected chi connectivity index (χ0v) is 20.4. The number of ketones is 1. The fraction of sp³-hybridized carbons (Fsp3) is 0.440. The van der Waals surface area contributed by atoms with Crippen molar-refractivity contribution in [3.63, 3.8) is 0 Å². The molecule has 1 N–H and O–H groups in total. The van der Waals surface area contributed by atoms with Gasteiger partial charge in [-0.2, -0.15) is 0 Å². The van der Waals surface area contributed by atoms with Crippen LogP contribution in [0, 0.1) is 5.82 Å². The molecule has 35 heavy (non-hydrogen) atoms. The Morgan fingerprint density at radius 3 is 2.43 bits per heavy atom. The number of hydrogen-bond acceptors (Lipinski definition) is 6. The fourth-order valence-electron chi connectivity index (χ4n) is 4.65. The average molecular weight is 497 g/mol. The fourth-order valence-corrected chi connectivity index (χ4v) is 5.51. The Kier molecular flexibility index (Phi) is 7.29. The van der Waals surface area contributed by atoms with Crippen molar-refractivity contribution in [2.24, 2.45) is 0 Å². The molecule has 1 aromatic carbocycles. The van der Waals surface area contributed by atoms with Crippen molar-refractivity contribution in [2.75, 3.05) is 31.9 Å². The van der Waals surface area contributed by atoms with Gasteiger partial charge in [0.1, 0.15) is 11.5 Å². The molecule has 2 aromatic heterocycles. The van der Waals surface area contributed by atoms with Crippen LogP contribution in [0.15, 0.2) is 41.7 Å². The number of rotatable bonds is 8. The second-order valence-electron chi connectivity index (χ2n) is 9.06. The van der Waals surface area contributed by atoms with Crippen LogP contribution >= 0.6 is 11.8 Å². The van der Waals surface area contributed by atoms with Crippen LogP contribution in [0.5, 0.6) is 0 Å². The molecule has 2 saturated heterocycles. The Morgan fingerprint density at radius 1 is 0.971 bits per heavy atom. The monoisotopic (exact) mass is 496 g/mol. The van der Waals surface area contributed by atoms with Gasteiger partial charge in [0.2, 0.25) is 0 Å². The smallest absolute Gasteiger partial charge is 0.270 e. The van der Waals surface area contributed by atoms with Crippen LogP contribution in [0.3, 0.4) is 0 Å². The lowest BCUT2D eigenvalue weighted by Crippen LogP contribution is -2.30. The quantitative estimate of drug-likeness (QED) is 0.376. The van der Waals surface area contributed by atoms with Gasteiger partial charge in [0.25, 0.3) is 5.91 Å². The molecule has 4 heterocycles. The minimum atomic E-state index is -0.310. The number of aromatic nitrogens is 4. The summed E-state index contributed by atoms with van der Waals surface area (Å²) in [4.78, 5) is 32.6. The zero-order valence-electron chi connectivity index (χ0n) is 19.6. The van der Waals surface area contributed by atoms with Crippen LogP contribution in [-0.2, 0) is 6.54 Å². The molecule has 2 aliphatic heterocycles. The number of carbonyl (C=O) groups excluding carboxylic acids is 2. The molecule has 10 heteroatoms. The molecule has 184 valence electrons. The Balaban J connectivity index is 1.31. The number of hydrogen-bond donors (Lipinski definition) is 1. The highest BCUT2D eigenvalue weighted by atomic mass is 32.2. The SMILES string of the molecule is O=C(CSc1nnc(CN2CCCCC2)n1-c1ccc(F)cc1)c1c[nH]c(C(=O)N2CCCC2)c1. The van der Waals surface area contributed by atoms with Gasteiger partial charge in [-0.1, -0.05) is 18.2 Å². The number of likely N-dealkylation sites (tertiary alicyclic amines) is 2. The lowest BCUT2D eigenvalue weighted by atomic mass is 10.1. The largest absolute Gasteiger partial charge is 0.356 e. The lowest BCUT2D eigenvalue weighted by Gasteiger charge is -2.26. The van der Waals surface area contributed by atoms with Crippen LogP contribution in [-0.4, -0.2) is 73.2 Å². The number of piperidine rings is 1. The van der Waals surface area contributed by atoms with Gasteiger partial charge in [-0.3, -0.25) is 19.1 Å². The molecule has 0 spiro atoms. The highest BCUT2D eigenvalue weighted by Gasteiger charge is 2.23. The summed E-state index contributed by atoms with van der Waals surface area (Å²) < 4.78 is 15.5. The van der Waals surface area contributed by atoms with E-state index in [4.69, 9.17) is 0 Å². The van der Waals surface area contributed by atoms with E-state index in [-0.39, 0.29) is 23.3 Å². The highest BCUT2D eigenvalue weighted by Crippen LogP contribution is 2.25. The molecule has 0 unspecified atom stereocenters. The number of thioether (sulfide) groups is 1. The van der Waals surface area contributed by atoms with Crippen molar-refractivity contribution in [3.05, 3.63) is 59.4 Å². The molecule has 0 aliphatic carbocycles. The molecule has 0 saturated carbocycles. The normalized spacial score (nSPS) is 16.7. The van der Waals surface area contributed by atoms with Gasteiger partial charge in [0.15, 0.2) is 16.8 Å². The van der Waals surface area contributed by atoms with Crippen LogP contribution in [0.25, 0.3) is 5.69 Å². The van der Waals surface area contributed by atoms with Gasteiger partial charge in [0.05, 0.1) is 12.3 Å². The van der Waals surface area contributed by atoms with E-state index in [2.05, 4.69) is 20.1 Å². The van der Waals surface area contributed by atoms with Crippen molar-refractivity contribution < 1.29 is 14.0 Å². The molecular formula is C25H29FN6O2S. The van der Waals surface area contributed by atoms with E-state index in [1.165, 1.54) is 43.2 Å². The molecule has 0 atom stereocenters. The number of aromatic amines is 1. The summed E-state index contributed by atoms with van der Waals surface area (Å²) in [6, 6.07) is 7.87. The molecule has 1 amide bonds. The van der Waals surface area contributed by atoms with Crippen molar-refractivity contribution in [3.8, 4) is 5.69 Å². The van der Waals surface area contributed by atoms with E-state index < -0.39 is 0 Å². The van der Waals surface area contributed by atoms with Gasteiger partial charge in [-0.05, 0) is 69.1 Å². The number of nitrogens with one attached hydrogen (secondary N) is 1. The predicted octanol–water partition coefficient (Wildman–Crippen LogP) is 3.93. The summed E-state index contributed by atoms with van der Waals surface area (Å²) in [6.07, 6.45) is 7.21. The molecule has 2 aliphatic rings. The number of nitrogens with zero attached hydrogens (tertiary/aromatic N) is 5.